The Labute approximate surface area is 173 Å². The first-order valence-corrected chi connectivity index (χ1v) is 11.0. The number of nitrogens with zero attached hydrogens (tertiary/aromatic N) is 3. The van der Waals surface area contributed by atoms with Crippen molar-refractivity contribution in [3.05, 3.63) is 53.1 Å². The van der Waals surface area contributed by atoms with Gasteiger partial charge < -0.3 is 4.90 Å². The lowest BCUT2D eigenvalue weighted by Gasteiger charge is -2.22. The third-order valence-electron chi connectivity index (χ3n) is 4.16. The number of hydrogen-bond donors (Lipinski definition) is 0. The van der Waals surface area contributed by atoms with Gasteiger partial charge in [0, 0.05) is 23.0 Å². The Morgan fingerprint density at radius 3 is 2.56 bits per heavy atom. The van der Waals surface area contributed by atoms with Crippen molar-refractivity contribution >= 4 is 56.0 Å². The number of aromatic nitrogens is 1. The number of benzene rings is 2. The summed E-state index contributed by atoms with van der Waals surface area (Å²) in [6.07, 6.45) is 2.39. The van der Waals surface area contributed by atoms with Gasteiger partial charge in [-0.1, -0.05) is 35.1 Å². The third kappa shape index (κ3) is 5.23. The van der Waals surface area contributed by atoms with Gasteiger partial charge in [0.25, 0.3) is 0 Å². The molecule has 3 aromatic rings. The SMILES string of the molecule is CSc1ccc2nc(N(CCN(C)C)C(=O)Cc3ccc(Cl)cc3)sc2c1. The fraction of sp³-hybridized carbons (Fsp3) is 0.300. The van der Waals surface area contributed by atoms with E-state index < -0.39 is 0 Å². The number of anilines is 1. The summed E-state index contributed by atoms with van der Waals surface area (Å²) in [6.45, 7) is 1.38. The second-order valence-electron chi connectivity index (χ2n) is 6.48. The van der Waals surface area contributed by atoms with E-state index >= 15 is 0 Å². The molecule has 0 saturated heterocycles. The van der Waals surface area contributed by atoms with Crippen molar-refractivity contribution in [3.63, 3.8) is 0 Å². The van der Waals surface area contributed by atoms with Crippen LogP contribution in [0.1, 0.15) is 5.56 Å². The van der Waals surface area contributed by atoms with Crippen molar-refractivity contribution in [1.29, 1.82) is 0 Å². The summed E-state index contributed by atoms with van der Waals surface area (Å²) < 4.78 is 1.10. The summed E-state index contributed by atoms with van der Waals surface area (Å²) in [5, 5.41) is 1.43. The number of fused-ring (bicyclic) bond motifs is 1. The maximum Gasteiger partial charge on any atom is 0.233 e. The summed E-state index contributed by atoms with van der Waals surface area (Å²) in [7, 11) is 4.01. The Morgan fingerprint density at radius 1 is 1.15 bits per heavy atom. The van der Waals surface area contributed by atoms with Gasteiger partial charge in [0.15, 0.2) is 5.13 Å². The van der Waals surface area contributed by atoms with E-state index in [2.05, 4.69) is 23.3 Å². The van der Waals surface area contributed by atoms with E-state index in [0.717, 1.165) is 27.5 Å². The van der Waals surface area contributed by atoms with Crippen LogP contribution in [0.5, 0.6) is 0 Å². The van der Waals surface area contributed by atoms with Crippen LogP contribution >= 0.6 is 34.7 Å². The lowest BCUT2D eigenvalue weighted by molar-refractivity contribution is -0.118. The zero-order valence-electron chi connectivity index (χ0n) is 15.6. The van der Waals surface area contributed by atoms with Crippen LogP contribution in [0.4, 0.5) is 5.13 Å². The molecule has 0 spiro atoms. The van der Waals surface area contributed by atoms with Gasteiger partial charge in [-0.25, -0.2) is 4.98 Å². The van der Waals surface area contributed by atoms with Crippen molar-refractivity contribution < 1.29 is 4.79 Å². The van der Waals surface area contributed by atoms with Crippen LogP contribution in [0, 0.1) is 0 Å². The number of likely N-dealkylation sites (N-methyl/N-ethyl adjacent to an activating group) is 1. The first kappa shape index (κ1) is 20.1. The monoisotopic (exact) mass is 419 g/mol. The predicted molar refractivity (Wildman–Crippen MR) is 117 cm³/mol. The molecule has 0 radical (unpaired) electrons. The summed E-state index contributed by atoms with van der Waals surface area (Å²) in [4.78, 5) is 22.8. The Kier molecular flexibility index (Phi) is 6.76. The van der Waals surface area contributed by atoms with Gasteiger partial charge in [0.1, 0.15) is 0 Å². The molecule has 0 N–H and O–H groups in total. The summed E-state index contributed by atoms with van der Waals surface area (Å²) in [6, 6.07) is 13.6. The lowest BCUT2D eigenvalue weighted by atomic mass is 10.1. The van der Waals surface area contributed by atoms with Gasteiger partial charge in [0.05, 0.1) is 16.6 Å². The lowest BCUT2D eigenvalue weighted by Crippen LogP contribution is -2.37. The predicted octanol–water partition coefficient (Wildman–Crippen LogP) is 4.81. The Morgan fingerprint density at radius 2 is 1.89 bits per heavy atom. The van der Waals surface area contributed by atoms with E-state index in [0.29, 0.717) is 18.0 Å². The number of halogens is 1. The van der Waals surface area contributed by atoms with E-state index in [-0.39, 0.29) is 5.91 Å². The molecule has 1 aromatic heterocycles. The first-order valence-electron chi connectivity index (χ1n) is 8.60. The number of hydrogen-bond acceptors (Lipinski definition) is 5. The number of thiazole rings is 1. The Balaban J connectivity index is 1.87. The average Bonchev–Trinajstić information content (AvgIpc) is 3.06. The van der Waals surface area contributed by atoms with Gasteiger partial charge >= 0.3 is 0 Å². The first-order chi connectivity index (χ1) is 13.0. The van der Waals surface area contributed by atoms with Crippen LogP contribution in [0.2, 0.25) is 5.02 Å². The van der Waals surface area contributed by atoms with Crippen LogP contribution < -0.4 is 4.90 Å². The molecule has 2 aromatic carbocycles. The highest BCUT2D eigenvalue weighted by Gasteiger charge is 2.20. The van der Waals surface area contributed by atoms with E-state index in [1.807, 2.05) is 44.4 Å². The largest absolute Gasteiger partial charge is 0.308 e. The fourth-order valence-electron chi connectivity index (χ4n) is 2.63. The molecule has 0 aliphatic heterocycles. The highest BCUT2D eigenvalue weighted by Crippen LogP contribution is 2.32. The summed E-state index contributed by atoms with van der Waals surface area (Å²) >= 11 is 9.22. The topological polar surface area (TPSA) is 36.4 Å². The number of rotatable bonds is 7. The van der Waals surface area contributed by atoms with E-state index in [9.17, 15) is 4.79 Å². The van der Waals surface area contributed by atoms with Crippen molar-refractivity contribution in [1.82, 2.24) is 9.88 Å². The second kappa shape index (κ2) is 9.06. The number of thioether (sulfide) groups is 1. The zero-order chi connectivity index (χ0) is 19.4. The third-order valence-corrected chi connectivity index (χ3v) is 6.17. The van der Waals surface area contributed by atoms with E-state index in [1.165, 1.54) is 4.90 Å². The summed E-state index contributed by atoms with van der Waals surface area (Å²) in [5.41, 5.74) is 1.88. The van der Waals surface area contributed by atoms with Crippen LogP contribution in [0.25, 0.3) is 10.2 Å². The molecule has 0 atom stereocenters. The molecule has 0 fully saturated rings. The minimum Gasteiger partial charge on any atom is -0.308 e. The standard InChI is InChI=1S/C20H22ClN3OS2/c1-23(2)10-11-24(19(25)12-14-4-6-15(21)7-5-14)20-22-17-9-8-16(26-3)13-18(17)27-20/h4-9,13H,10-12H2,1-3H3. The minimum absolute atomic E-state index is 0.0447. The van der Waals surface area contributed by atoms with Gasteiger partial charge in [0.2, 0.25) is 5.91 Å². The molecule has 1 amide bonds. The fourth-order valence-corrected chi connectivity index (χ4v) is 4.32. The van der Waals surface area contributed by atoms with Crippen LogP contribution in [0.3, 0.4) is 0 Å². The second-order valence-corrected chi connectivity index (χ2v) is 8.81. The van der Waals surface area contributed by atoms with Crippen LogP contribution in [-0.4, -0.2) is 49.2 Å². The average molecular weight is 420 g/mol. The molecular weight excluding hydrogens is 398 g/mol. The van der Waals surface area contributed by atoms with Crippen LogP contribution in [-0.2, 0) is 11.2 Å². The highest BCUT2D eigenvalue weighted by molar-refractivity contribution is 7.98. The quantitative estimate of drug-likeness (QED) is 0.515. The van der Waals surface area contributed by atoms with Gasteiger partial charge in [-0.3, -0.25) is 9.69 Å². The maximum atomic E-state index is 13.0. The van der Waals surface area contributed by atoms with Gasteiger partial charge in [-0.05, 0) is 56.2 Å². The molecule has 4 nitrogen and oxygen atoms in total. The zero-order valence-corrected chi connectivity index (χ0v) is 18.0. The van der Waals surface area contributed by atoms with Crippen molar-refractivity contribution in [3.8, 4) is 0 Å². The highest BCUT2D eigenvalue weighted by atomic mass is 35.5. The molecule has 0 saturated carbocycles. The summed E-state index contributed by atoms with van der Waals surface area (Å²) in [5.74, 6) is 0.0447. The number of amides is 1. The molecule has 142 valence electrons. The maximum absolute atomic E-state index is 13.0. The minimum atomic E-state index is 0.0447. The molecule has 3 rings (SSSR count). The van der Waals surface area contributed by atoms with Gasteiger partial charge in [-0.15, -0.1) is 11.8 Å². The van der Waals surface area contributed by atoms with Crippen molar-refractivity contribution in [2.24, 2.45) is 0 Å². The number of carbonyl (C=O) groups is 1. The van der Waals surface area contributed by atoms with E-state index in [4.69, 9.17) is 16.6 Å². The molecule has 7 heteroatoms. The molecule has 0 aliphatic carbocycles. The Bertz CT molecular complexity index is 925. The van der Waals surface area contributed by atoms with Gasteiger partial charge in [-0.2, -0.15) is 0 Å². The molecule has 27 heavy (non-hydrogen) atoms. The molecule has 0 unspecified atom stereocenters. The normalized spacial score (nSPS) is 11.3. The van der Waals surface area contributed by atoms with Crippen molar-refractivity contribution in [2.75, 3.05) is 38.3 Å². The van der Waals surface area contributed by atoms with E-state index in [1.54, 1.807) is 28.0 Å². The Hall–Kier alpha value is -1.60. The molecule has 1 heterocycles. The van der Waals surface area contributed by atoms with Crippen molar-refractivity contribution in [2.45, 2.75) is 11.3 Å². The molecular formula is C20H22ClN3OS2. The smallest absolute Gasteiger partial charge is 0.233 e. The molecule has 0 aliphatic rings. The number of carbonyl (C=O) groups excluding carboxylic acids is 1. The molecule has 0 bridgehead atoms. The van der Waals surface area contributed by atoms with Crippen LogP contribution in [0.15, 0.2) is 47.4 Å².